The summed E-state index contributed by atoms with van der Waals surface area (Å²) in [5.41, 5.74) is 2.58. The van der Waals surface area contributed by atoms with Crippen LogP contribution in [-0.2, 0) is 0 Å². The van der Waals surface area contributed by atoms with Gasteiger partial charge in [0.2, 0.25) is 0 Å². The lowest BCUT2D eigenvalue weighted by molar-refractivity contribution is 0.415. The van der Waals surface area contributed by atoms with Crippen molar-refractivity contribution in [1.82, 2.24) is 0 Å². The molecule has 2 rings (SSSR count). The number of ether oxygens (including phenoxy) is 1. The van der Waals surface area contributed by atoms with Gasteiger partial charge >= 0.3 is 0 Å². The summed E-state index contributed by atoms with van der Waals surface area (Å²) in [4.78, 5) is 0. The standard InChI is InChI=1S/C14H16O/c1-11-3-5-12(6-4-11)13-7-9-14(15-2)10-8-13/h3,5-11H,4H2,1-2H3. The molecule has 0 saturated carbocycles. The molecule has 0 heterocycles. The van der Waals surface area contributed by atoms with E-state index in [0.717, 1.165) is 12.2 Å². The maximum atomic E-state index is 5.14. The summed E-state index contributed by atoms with van der Waals surface area (Å²) >= 11 is 0. The molecular formula is C14H16O. The minimum atomic E-state index is 0.673. The number of allylic oxidation sites excluding steroid dienone is 4. The van der Waals surface area contributed by atoms with E-state index in [-0.39, 0.29) is 0 Å². The maximum absolute atomic E-state index is 5.14. The van der Waals surface area contributed by atoms with Gasteiger partial charge in [0.05, 0.1) is 7.11 Å². The van der Waals surface area contributed by atoms with E-state index in [1.54, 1.807) is 7.11 Å². The molecule has 1 atom stereocenters. The maximum Gasteiger partial charge on any atom is 0.118 e. The highest BCUT2D eigenvalue weighted by Crippen LogP contribution is 2.25. The van der Waals surface area contributed by atoms with Gasteiger partial charge < -0.3 is 4.74 Å². The monoisotopic (exact) mass is 200 g/mol. The molecule has 0 aromatic heterocycles. The van der Waals surface area contributed by atoms with Crippen LogP contribution in [0.3, 0.4) is 0 Å². The Kier molecular flexibility index (Phi) is 2.91. The molecule has 0 radical (unpaired) electrons. The number of hydrogen-bond acceptors (Lipinski definition) is 1. The third-order valence-electron chi connectivity index (χ3n) is 2.74. The number of hydrogen-bond donors (Lipinski definition) is 0. The van der Waals surface area contributed by atoms with E-state index < -0.39 is 0 Å². The van der Waals surface area contributed by atoms with Crippen LogP contribution in [0.5, 0.6) is 5.75 Å². The zero-order valence-electron chi connectivity index (χ0n) is 9.23. The Morgan fingerprint density at radius 2 is 1.93 bits per heavy atom. The first-order valence-electron chi connectivity index (χ1n) is 5.32. The van der Waals surface area contributed by atoms with E-state index in [9.17, 15) is 0 Å². The molecule has 1 aliphatic rings. The summed E-state index contributed by atoms with van der Waals surface area (Å²) in [5.74, 6) is 1.58. The van der Waals surface area contributed by atoms with Gasteiger partial charge in [-0.05, 0) is 35.6 Å². The van der Waals surface area contributed by atoms with E-state index in [0.29, 0.717) is 5.92 Å². The molecule has 0 amide bonds. The molecular weight excluding hydrogens is 184 g/mol. The lowest BCUT2D eigenvalue weighted by Gasteiger charge is -2.12. The van der Waals surface area contributed by atoms with Gasteiger partial charge in [0.25, 0.3) is 0 Å². The second-order valence-corrected chi connectivity index (χ2v) is 3.96. The van der Waals surface area contributed by atoms with Crippen molar-refractivity contribution in [2.45, 2.75) is 13.3 Å². The Bertz CT molecular complexity index is 384. The molecule has 1 aliphatic carbocycles. The Balaban J connectivity index is 2.20. The Morgan fingerprint density at radius 3 is 2.47 bits per heavy atom. The van der Waals surface area contributed by atoms with Gasteiger partial charge in [0.15, 0.2) is 0 Å². The van der Waals surface area contributed by atoms with Crippen molar-refractivity contribution < 1.29 is 4.74 Å². The Hall–Kier alpha value is -1.50. The predicted molar refractivity (Wildman–Crippen MR) is 63.9 cm³/mol. The number of benzene rings is 1. The van der Waals surface area contributed by atoms with Gasteiger partial charge in [0.1, 0.15) is 5.75 Å². The molecule has 0 aliphatic heterocycles. The summed E-state index contributed by atoms with van der Waals surface area (Å²) in [6, 6.07) is 8.21. The van der Waals surface area contributed by atoms with Gasteiger partial charge in [-0.2, -0.15) is 0 Å². The fraction of sp³-hybridized carbons (Fsp3) is 0.286. The van der Waals surface area contributed by atoms with Gasteiger partial charge in [-0.1, -0.05) is 37.3 Å². The summed E-state index contributed by atoms with van der Waals surface area (Å²) in [5, 5.41) is 0. The van der Waals surface area contributed by atoms with E-state index in [4.69, 9.17) is 4.74 Å². The quantitative estimate of drug-likeness (QED) is 0.707. The van der Waals surface area contributed by atoms with E-state index in [1.807, 2.05) is 12.1 Å². The number of methoxy groups -OCH3 is 1. The van der Waals surface area contributed by atoms with Crippen molar-refractivity contribution in [3.8, 4) is 5.75 Å². The van der Waals surface area contributed by atoms with Crippen LogP contribution >= 0.6 is 0 Å². The molecule has 1 aromatic rings. The van der Waals surface area contributed by atoms with Crippen molar-refractivity contribution in [2.75, 3.05) is 7.11 Å². The highest BCUT2D eigenvalue weighted by Gasteiger charge is 2.05. The van der Waals surface area contributed by atoms with Crippen LogP contribution in [0.15, 0.2) is 42.5 Å². The highest BCUT2D eigenvalue weighted by atomic mass is 16.5. The number of rotatable bonds is 2. The van der Waals surface area contributed by atoms with Crippen LogP contribution < -0.4 is 4.74 Å². The minimum Gasteiger partial charge on any atom is -0.497 e. The lowest BCUT2D eigenvalue weighted by Crippen LogP contribution is -1.94. The summed E-state index contributed by atoms with van der Waals surface area (Å²) in [6.07, 6.45) is 7.90. The Labute approximate surface area is 91.1 Å². The molecule has 1 heteroatoms. The van der Waals surface area contributed by atoms with Crippen molar-refractivity contribution in [3.05, 3.63) is 48.1 Å². The van der Waals surface area contributed by atoms with Crippen LogP contribution in [0.1, 0.15) is 18.9 Å². The van der Waals surface area contributed by atoms with Crippen molar-refractivity contribution in [2.24, 2.45) is 5.92 Å². The second-order valence-electron chi connectivity index (χ2n) is 3.96. The zero-order chi connectivity index (χ0) is 10.7. The fourth-order valence-electron chi connectivity index (χ4n) is 1.72. The van der Waals surface area contributed by atoms with E-state index in [2.05, 4.69) is 37.3 Å². The molecule has 15 heavy (non-hydrogen) atoms. The van der Waals surface area contributed by atoms with Gasteiger partial charge in [-0.25, -0.2) is 0 Å². The topological polar surface area (TPSA) is 9.23 Å². The largest absolute Gasteiger partial charge is 0.497 e. The van der Waals surface area contributed by atoms with Crippen LogP contribution in [0, 0.1) is 5.92 Å². The highest BCUT2D eigenvalue weighted by molar-refractivity contribution is 5.75. The molecule has 0 N–H and O–H groups in total. The van der Waals surface area contributed by atoms with Crippen LogP contribution in [0.4, 0.5) is 0 Å². The molecule has 0 fully saturated rings. The van der Waals surface area contributed by atoms with Crippen molar-refractivity contribution >= 4 is 5.57 Å². The van der Waals surface area contributed by atoms with Crippen molar-refractivity contribution in [3.63, 3.8) is 0 Å². The predicted octanol–water partition coefficient (Wildman–Crippen LogP) is 3.67. The van der Waals surface area contributed by atoms with Crippen LogP contribution in [0.25, 0.3) is 5.57 Å². The third kappa shape index (κ3) is 2.30. The minimum absolute atomic E-state index is 0.673. The summed E-state index contributed by atoms with van der Waals surface area (Å²) in [6.45, 7) is 2.23. The normalized spacial score (nSPS) is 19.9. The molecule has 78 valence electrons. The molecule has 0 spiro atoms. The van der Waals surface area contributed by atoms with Gasteiger partial charge in [-0.15, -0.1) is 0 Å². The smallest absolute Gasteiger partial charge is 0.118 e. The first kappa shape index (κ1) is 10.0. The second kappa shape index (κ2) is 4.35. The van der Waals surface area contributed by atoms with Crippen molar-refractivity contribution in [1.29, 1.82) is 0 Å². The van der Waals surface area contributed by atoms with Crippen LogP contribution in [0.2, 0.25) is 0 Å². The Morgan fingerprint density at radius 1 is 1.20 bits per heavy atom. The van der Waals surface area contributed by atoms with Gasteiger partial charge in [0, 0.05) is 0 Å². The fourth-order valence-corrected chi connectivity index (χ4v) is 1.72. The molecule has 1 nitrogen and oxygen atoms in total. The average Bonchev–Trinajstić information content (AvgIpc) is 2.30. The average molecular weight is 200 g/mol. The SMILES string of the molecule is COc1ccc(C2=CCC(C)C=C2)cc1. The third-order valence-corrected chi connectivity index (χ3v) is 2.74. The summed E-state index contributed by atoms with van der Waals surface area (Å²) < 4.78 is 5.14. The molecule has 0 saturated heterocycles. The zero-order valence-corrected chi connectivity index (χ0v) is 9.23. The first-order chi connectivity index (χ1) is 7.29. The van der Waals surface area contributed by atoms with E-state index >= 15 is 0 Å². The van der Waals surface area contributed by atoms with Gasteiger partial charge in [-0.3, -0.25) is 0 Å². The van der Waals surface area contributed by atoms with E-state index in [1.165, 1.54) is 11.1 Å². The lowest BCUT2D eigenvalue weighted by atomic mass is 9.94. The molecule has 0 bridgehead atoms. The molecule has 1 unspecified atom stereocenters. The van der Waals surface area contributed by atoms with Crippen LogP contribution in [-0.4, -0.2) is 7.11 Å². The summed E-state index contributed by atoms with van der Waals surface area (Å²) in [7, 11) is 1.69. The molecule has 1 aromatic carbocycles. The first-order valence-corrected chi connectivity index (χ1v) is 5.32.